The van der Waals surface area contributed by atoms with E-state index in [1.54, 1.807) is 0 Å². The number of H-pyrrole nitrogens is 1. The fourth-order valence-corrected chi connectivity index (χ4v) is 2.45. The summed E-state index contributed by atoms with van der Waals surface area (Å²) in [6, 6.07) is 0. The zero-order valence-corrected chi connectivity index (χ0v) is 9.60. The summed E-state index contributed by atoms with van der Waals surface area (Å²) in [5.74, 6) is 0. The molecule has 0 saturated heterocycles. The topological polar surface area (TPSA) is 28.7 Å². The molecule has 0 spiro atoms. The van der Waals surface area contributed by atoms with Gasteiger partial charge in [-0.05, 0) is 31.2 Å². The van der Waals surface area contributed by atoms with Crippen LogP contribution in [0.2, 0.25) is 0 Å². The molecule has 0 amide bonds. The van der Waals surface area contributed by atoms with Gasteiger partial charge in [0.25, 0.3) is 0 Å². The minimum Gasteiger partial charge on any atom is -0.282 e. The number of hydrogen-bond acceptors (Lipinski definition) is 1. The van der Waals surface area contributed by atoms with Gasteiger partial charge in [-0.15, -0.1) is 0 Å². The first-order valence-electron chi connectivity index (χ1n) is 6.48. The van der Waals surface area contributed by atoms with Crippen LogP contribution >= 0.6 is 0 Å². The van der Waals surface area contributed by atoms with Crippen LogP contribution in [0.3, 0.4) is 0 Å². The van der Waals surface area contributed by atoms with E-state index in [0.29, 0.717) is 0 Å². The van der Waals surface area contributed by atoms with Crippen molar-refractivity contribution in [2.45, 2.75) is 64.2 Å². The standard InChI is InChI=1S/C13H22N2/c1-2-4-6-8-10-13-12(11-14-15-13)9-7-5-3-1/h11H,1-10H2,(H,14,15). The average Bonchev–Trinajstić information content (AvgIpc) is 2.65. The SMILES string of the molecule is c1n[nH]c2c1CCCCCCCCCC2. The first-order valence-corrected chi connectivity index (χ1v) is 6.48. The molecule has 84 valence electrons. The van der Waals surface area contributed by atoms with Crippen LogP contribution in [-0.4, -0.2) is 10.2 Å². The number of aromatic amines is 1. The maximum Gasteiger partial charge on any atom is 0.0522 e. The molecule has 0 atom stereocenters. The van der Waals surface area contributed by atoms with Gasteiger partial charge in [0.05, 0.1) is 6.20 Å². The van der Waals surface area contributed by atoms with Gasteiger partial charge in [0.1, 0.15) is 0 Å². The number of nitrogens with one attached hydrogen (secondary N) is 1. The zero-order valence-electron chi connectivity index (χ0n) is 9.60. The summed E-state index contributed by atoms with van der Waals surface area (Å²) in [7, 11) is 0. The Morgan fingerprint density at radius 1 is 0.800 bits per heavy atom. The highest BCUT2D eigenvalue weighted by molar-refractivity contribution is 5.16. The van der Waals surface area contributed by atoms with Gasteiger partial charge in [-0.25, -0.2) is 0 Å². The highest BCUT2D eigenvalue weighted by atomic mass is 15.1. The van der Waals surface area contributed by atoms with Crippen molar-refractivity contribution in [3.63, 3.8) is 0 Å². The molecule has 1 aliphatic rings. The Kier molecular flexibility index (Phi) is 4.24. The lowest BCUT2D eigenvalue weighted by molar-refractivity contribution is 0.558. The Hall–Kier alpha value is -0.790. The van der Waals surface area contributed by atoms with Gasteiger partial charge < -0.3 is 0 Å². The van der Waals surface area contributed by atoms with E-state index in [9.17, 15) is 0 Å². The summed E-state index contributed by atoms with van der Waals surface area (Å²) < 4.78 is 0. The van der Waals surface area contributed by atoms with Crippen molar-refractivity contribution in [2.75, 3.05) is 0 Å². The van der Waals surface area contributed by atoms with Crippen molar-refractivity contribution in [2.24, 2.45) is 0 Å². The molecule has 0 saturated carbocycles. The van der Waals surface area contributed by atoms with Crippen molar-refractivity contribution in [1.82, 2.24) is 10.2 Å². The zero-order chi connectivity index (χ0) is 10.3. The lowest BCUT2D eigenvalue weighted by Gasteiger charge is -2.06. The van der Waals surface area contributed by atoms with Gasteiger partial charge >= 0.3 is 0 Å². The van der Waals surface area contributed by atoms with Crippen LogP contribution < -0.4 is 0 Å². The molecule has 15 heavy (non-hydrogen) atoms. The molecule has 1 aromatic rings. The Balaban J connectivity index is 1.92. The van der Waals surface area contributed by atoms with E-state index in [1.165, 1.54) is 75.5 Å². The molecule has 2 rings (SSSR count). The number of hydrogen-bond donors (Lipinski definition) is 1. The second-order valence-electron chi connectivity index (χ2n) is 4.70. The van der Waals surface area contributed by atoms with E-state index < -0.39 is 0 Å². The van der Waals surface area contributed by atoms with E-state index in [-0.39, 0.29) is 0 Å². The molecule has 0 bridgehead atoms. The summed E-state index contributed by atoms with van der Waals surface area (Å²) in [4.78, 5) is 0. The average molecular weight is 206 g/mol. The Morgan fingerprint density at radius 2 is 1.40 bits per heavy atom. The monoisotopic (exact) mass is 206 g/mol. The highest BCUT2D eigenvalue weighted by Gasteiger charge is 2.05. The summed E-state index contributed by atoms with van der Waals surface area (Å²) >= 11 is 0. The second kappa shape index (κ2) is 5.94. The molecule has 2 heteroatoms. The summed E-state index contributed by atoms with van der Waals surface area (Å²) in [6.07, 6.45) is 15.6. The third kappa shape index (κ3) is 3.37. The molecule has 0 radical (unpaired) electrons. The first-order chi connectivity index (χ1) is 7.47. The van der Waals surface area contributed by atoms with E-state index in [2.05, 4.69) is 10.2 Å². The van der Waals surface area contributed by atoms with Crippen LogP contribution in [0, 0.1) is 0 Å². The van der Waals surface area contributed by atoms with Crippen LogP contribution in [-0.2, 0) is 12.8 Å². The Bertz CT molecular complexity index is 251. The summed E-state index contributed by atoms with van der Waals surface area (Å²) in [5, 5.41) is 7.33. The van der Waals surface area contributed by atoms with Gasteiger partial charge in [0.2, 0.25) is 0 Å². The fourth-order valence-electron chi connectivity index (χ4n) is 2.45. The van der Waals surface area contributed by atoms with Crippen molar-refractivity contribution in [3.8, 4) is 0 Å². The molecule has 0 fully saturated rings. The number of aromatic nitrogens is 2. The van der Waals surface area contributed by atoms with E-state index in [1.807, 2.05) is 6.20 Å². The molecule has 1 aliphatic carbocycles. The van der Waals surface area contributed by atoms with E-state index in [4.69, 9.17) is 0 Å². The summed E-state index contributed by atoms with van der Waals surface area (Å²) in [5.41, 5.74) is 2.87. The van der Waals surface area contributed by atoms with Gasteiger partial charge in [-0.3, -0.25) is 5.10 Å². The maximum absolute atomic E-state index is 4.17. The predicted molar refractivity (Wildman–Crippen MR) is 62.9 cm³/mol. The first kappa shape index (κ1) is 10.7. The second-order valence-corrected chi connectivity index (χ2v) is 4.70. The van der Waals surface area contributed by atoms with Gasteiger partial charge in [0, 0.05) is 5.69 Å². The third-order valence-electron chi connectivity index (χ3n) is 3.43. The minimum absolute atomic E-state index is 1.20. The predicted octanol–water partition coefficient (Wildman–Crippen LogP) is 3.63. The van der Waals surface area contributed by atoms with Crippen LogP contribution in [0.1, 0.15) is 62.6 Å². The van der Waals surface area contributed by atoms with Crippen LogP contribution in [0.15, 0.2) is 6.20 Å². The van der Waals surface area contributed by atoms with Gasteiger partial charge in [-0.1, -0.05) is 38.5 Å². The molecule has 1 aromatic heterocycles. The van der Waals surface area contributed by atoms with Crippen LogP contribution in [0.5, 0.6) is 0 Å². The van der Waals surface area contributed by atoms with Crippen molar-refractivity contribution >= 4 is 0 Å². The molecule has 1 heterocycles. The lowest BCUT2D eigenvalue weighted by Crippen LogP contribution is -1.95. The van der Waals surface area contributed by atoms with E-state index in [0.717, 1.165) is 0 Å². The normalized spacial score (nSPS) is 20.0. The van der Waals surface area contributed by atoms with Crippen molar-refractivity contribution < 1.29 is 0 Å². The Morgan fingerprint density at radius 3 is 2.13 bits per heavy atom. The molecule has 0 aliphatic heterocycles. The maximum atomic E-state index is 4.17. The minimum atomic E-state index is 1.20. The molecular weight excluding hydrogens is 184 g/mol. The quantitative estimate of drug-likeness (QED) is 0.690. The van der Waals surface area contributed by atoms with Crippen molar-refractivity contribution in [3.05, 3.63) is 17.5 Å². The van der Waals surface area contributed by atoms with Gasteiger partial charge in [0.15, 0.2) is 0 Å². The third-order valence-corrected chi connectivity index (χ3v) is 3.43. The Labute approximate surface area is 92.5 Å². The molecule has 2 nitrogen and oxygen atoms in total. The number of fused-ring (bicyclic) bond motifs is 1. The largest absolute Gasteiger partial charge is 0.282 e. The fraction of sp³-hybridized carbons (Fsp3) is 0.769. The van der Waals surface area contributed by atoms with Gasteiger partial charge in [-0.2, -0.15) is 5.10 Å². The smallest absolute Gasteiger partial charge is 0.0522 e. The number of aryl methyl sites for hydroxylation is 2. The van der Waals surface area contributed by atoms with Crippen LogP contribution in [0.25, 0.3) is 0 Å². The van der Waals surface area contributed by atoms with Crippen LogP contribution in [0.4, 0.5) is 0 Å². The number of nitrogens with zero attached hydrogens (tertiary/aromatic N) is 1. The molecule has 1 N–H and O–H groups in total. The summed E-state index contributed by atoms with van der Waals surface area (Å²) in [6.45, 7) is 0. The molecule has 0 aromatic carbocycles. The molecular formula is C13H22N2. The van der Waals surface area contributed by atoms with E-state index >= 15 is 0 Å². The number of rotatable bonds is 0. The highest BCUT2D eigenvalue weighted by Crippen LogP contribution is 2.17. The van der Waals surface area contributed by atoms with Crippen molar-refractivity contribution in [1.29, 1.82) is 0 Å². The molecule has 0 unspecified atom stereocenters. The lowest BCUT2D eigenvalue weighted by atomic mass is 10.00.